The van der Waals surface area contributed by atoms with Crippen LogP contribution in [0.4, 0.5) is 10.5 Å². The molecule has 3 N–H and O–H groups in total. The number of carbonyl (C=O) groups is 2. The van der Waals surface area contributed by atoms with Crippen molar-refractivity contribution < 1.29 is 19.4 Å². The Labute approximate surface area is 123 Å². The van der Waals surface area contributed by atoms with Crippen LogP contribution in [-0.4, -0.2) is 36.9 Å². The molecule has 1 aliphatic rings. The van der Waals surface area contributed by atoms with E-state index in [0.717, 1.165) is 26.1 Å². The van der Waals surface area contributed by atoms with Crippen molar-refractivity contribution in [2.45, 2.75) is 19.8 Å². The van der Waals surface area contributed by atoms with Gasteiger partial charge in [-0.3, -0.25) is 0 Å². The molecule has 0 aliphatic carbocycles. The molecule has 1 fully saturated rings. The van der Waals surface area contributed by atoms with E-state index in [1.807, 2.05) is 0 Å². The zero-order valence-corrected chi connectivity index (χ0v) is 12.0. The minimum absolute atomic E-state index is 0.0920. The number of para-hydroxylation sites is 1. The normalized spacial score (nSPS) is 17.5. The number of aromatic carboxylic acids is 1. The summed E-state index contributed by atoms with van der Waals surface area (Å²) in [6.07, 6.45) is 1.90. The molecule has 2 rings (SSSR count). The van der Waals surface area contributed by atoms with Crippen LogP contribution in [0.3, 0.4) is 0 Å². The molecule has 0 spiro atoms. The number of ether oxygens (including phenoxy) is 1. The van der Waals surface area contributed by atoms with E-state index < -0.39 is 5.97 Å². The van der Waals surface area contributed by atoms with Crippen molar-refractivity contribution in [3.8, 4) is 0 Å². The van der Waals surface area contributed by atoms with Crippen LogP contribution in [-0.2, 0) is 4.74 Å². The second-order valence-electron chi connectivity index (χ2n) is 5.20. The van der Waals surface area contributed by atoms with Crippen LogP contribution in [0.1, 0.15) is 28.8 Å². The monoisotopic (exact) mass is 292 g/mol. The van der Waals surface area contributed by atoms with Gasteiger partial charge < -0.3 is 20.5 Å². The zero-order valence-electron chi connectivity index (χ0n) is 12.0. The molecule has 0 saturated carbocycles. The van der Waals surface area contributed by atoms with Gasteiger partial charge in [-0.1, -0.05) is 12.1 Å². The Kier molecular flexibility index (Phi) is 5.16. The number of amides is 2. The van der Waals surface area contributed by atoms with Crippen LogP contribution >= 0.6 is 0 Å². The van der Waals surface area contributed by atoms with E-state index in [9.17, 15) is 9.59 Å². The Bertz CT molecular complexity index is 524. The molecule has 1 aromatic carbocycles. The first-order chi connectivity index (χ1) is 10.1. The topological polar surface area (TPSA) is 87.7 Å². The van der Waals surface area contributed by atoms with Gasteiger partial charge in [-0.25, -0.2) is 9.59 Å². The fourth-order valence-corrected chi connectivity index (χ4v) is 2.37. The number of aryl methyl sites for hydroxylation is 1. The standard InChI is InChI=1S/C15H20N2O4/c1-10-3-2-4-12(14(18)19)13(10)17-15(20)16-7-5-11-6-8-21-9-11/h2-4,11H,5-9H2,1H3,(H,18,19)(H2,16,17,20). The summed E-state index contributed by atoms with van der Waals surface area (Å²) in [6.45, 7) is 3.86. The lowest BCUT2D eigenvalue weighted by Gasteiger charge is -2.13. The summed E-state index contributed by atoms with van der Waals surface area (Å²) in [4.78, 5) is 23.0. The SMILES string of the molecule is Cc1cccc(C(=O)O)c1NC(=O)NCCC1CCOC1. The second kappa shape index (κ2) is 7.08. The molecule has 0 radical (unpaired) electrons. The fraction of sp³-hybridized carbons (Fsp3) is 0.467. The Morgan fingerprint density at radius 3 is 2.90 bits per heavy atom. The highest BCUT2D eigenvalue weighted by molar-refractivity contribution is 6.00. The van der Waals surface area contributed by atoms with E-state index in [1.54, 1.807) is 19.1 Å². The van der Waals surface area contributed by atoms with Gasteiger partial charge in [0.15, 0.2) is 0 Å². The summed E-state index contributed by atoms with van der Waals surface area (Å²) in [6, 6.07) is 4.51. The van der Waals surface area contributed by atoms with Crippen LogP contribution < -0.4 is 10.6 Å². The van der Waals surface area contributed by atoms with Gasteiger partial charge in [0, 0.05) is 19.8 Å². The largest absolute Gasteiger partial charge is 0.478 e. The maximum atomic E-state index is 11.9. The second-order valence-corrected chi connectivity index (χ2v) is 5.20. The molecule has 6 heteroatoms. The third-order valence-corrected chi connectivity index (χ3v) is 3.60. The van der Waals surface area contributed by atoms with Gasteiger partial charge in [0.2, 0.25) is 0 Å². The lowest BCUT2D eigenvalue weighted by Crippen LogP contribution is -2.31. The predicted octanol–water partition coefficient (Wildman–Crippen LogP) is 2.24. The number of carboxylic acids is 1. The molecule has 1 aromatic rings. The van der Waals surface area contributed by atoms with Gasteiger partial charge in [0.1, 0.15) is 0 Å². The summed E-state index contributed by atoms with van der Waals surface area (Å²) >= 11 is 0. The molecule has 0 aromatic heterocycles. The van der Waals surface area contributed by atoms with Gasteiger partial charge in [0.25, 0.3) is 0 Å². The van der Waals surface area contributed by atoms with Crippen LogP contribution in [0.5, 0.6) is 0 Å². The van der Waals surface area contributed by atoms with Crippen LogP contribution in [0, 0.1) is 12.8 Å². The molecule has 21 heavy (non-hydrogen) atoms. The van der Waals surface area contributed by atoms with Crippen molar-refractivity contribution in [2.75, 3.05) is 25.1 Å². The van der Waals surface area contributed by atoms with Crippen LogP contribution in [0.25, 0.3) is 0 Å². The number of carbonyl (C=O) groups excluding carboxylic acids is 1. The number of nitrogens with one attached hydrogen (secondary N) is 2. The van der Waals surface area contributed by atoms with Gasteiger partial charge in [-0.05, 0) is 37.3 Å². The van der Waals surface area contributed by atoms with E-state index in [1.165, 1.54) is 6.07 Å². The third-order valence-electron chi connectivity index (χ3n) is 3.60. The first-order valence-corrected chi connectivity index (χ1v) is 7.03. The molecular formula is C15H20N2O4. The maximum Gasteiger partial charge on any atom is 0.337 e. The molecule has 2 amide bonds. The van der Waals surface area contributed by atoms with Crippen molar-refractivity contribution in [3.63, 3.8) is 0 Å². The summed E-state index contributed by atoms with van der Waals surface area (Å²) < 4.78 is 5.27. The van der Waals surface area contributed by atoms with Crippen LogP contribution in [0.15, 0.2) is 18.2 Å². The average molecular weight is 292 g/mol. The number of rotatable bonds is 5. The van der Waals surface area contributed by atoms with Crippen molar-refractivity contribution >= 4 is 17.7 Å². The number of urea groups is 1. The van der Waals surface area contributed by atoms with Gasteiger partial charge in [0.05, 0.1) is 11.3 Å². The molecule has 1 unspecified atom stereocenters. The molecular weight excluding hydrogens is 272 g/mol. The summed E-state index contributed by atoms with van der Waals surface area (Å²) in [5.41, 5.74) is 1.15. The van der Waals surface area contributed by atoms with E-state index in [0.29, 0.717) is 23.7 Å². The minimum Gasteiger partial charge on any atom is -0.478 e. The number of hydrogen-bond acceptors (Lipinski definition) is 3. The molecule has 0 bridgehead atoms. The minimum atomic E-state index is -1.06. The summed E-state index contributed by atoms with van der Waals surface area (Å²) in [5, 5.41) is 14.5. The number of hydrogen-bond donors (Lipinski definition) is 3. The predicted molar refractivity (Wildman–Crippen MR) is 78.7 cm³/mol. The average Bonchev–Trinajstić information content (AvgIpc) is 2.94. The van der Waals surface area contributed by atoms with E-state index >= 15 is 0 Å². The number of benzene rings is 1. The van der Waals surface area contributed by atoms with E-state index in [-0.39, 0.29) is 11.6 Å². The molecule has 1 atom stereocenters. The highest BCUT2D eigenvalue weighted by Crippen LogP contribution is 2.20. The Balaban J connectivity index is 1.88. The lowest BCUT2D eigenvalue weighted by molar-refractivity contribution is 0.0698. The first-order valence-electron chi connectivity index (χ1n) is 7.03. The van der Waals surface area contributed by atoms with Crippen molar-refractivity contribution in [1.29, 1.82) is 0 Å². The van der Waals surface area contributed by atoms with Crippen molar-refractivity contribution in [2.24, 2.45) is 5.92 Å². The quantitative estimate of drug-likeness (QED) is 0.776. The van der Waals surface area contributed by atoms with Crippen LogP contribution in [0.2, 0.25) is 0 Å². The van der Waals surface area contributed by atoms with E-state index in [2.05, 4.69) is 10.6 Å². The highest BCUT2D eigenvalue weighted by atomic mass is 16.5. The Morgan fingerprint density at radius 2 is 2.24 bits per heavy atom. The first kappa shape index (κ1) is 15.3. The third kappa shape index (κ3) is 4.19. The fourth-order valence-electron chi connectivity index (χ4n) is 2.37. The molecule has 1 heterocycles. The summed E-state index contributed by atoms with van der Waals surface area (Å²) in [5.74, 6) is -0.560. The number of anilines is 1. The van der Waals surface area contributed by atoms with Gasteiger partial charge in [-0.2, -0.15) is 0 Å². The number of carboxylic acid groups (broad SMARTS) is 1. The van der Waals surface area contributed by atoms with Crippen molar-refractivity contribution in [3.05, 3.63) is 29.3 Å². The molecule has 114 valence electrons. The van der Waals surface area contributed by atoms with Gasteiger partial charge >= 0.3 is 12.0 Å². The van der Waals surface area contributed by atoms with E-state index in [4.69, 9.17) is 9.84 Å². The Morgan fingerprint density at radius 1 is 1.43 bits per heavy atom. The molecule has 6 nitrogen and oxygen atoms in total. The highest BCUT2D eigenvalue weighted by Gasteiger charge is 2.17. The van der Waals surface area contributed by atoms with Gasteiger partial charge in [-0.15, -0.1) is 0 Å². The zero-order chi connectivity index (χ0) is 15.2. The smallest absolute Gasteiger partial charge is 0.337 e. The lowest BCUT2D eigenvalue weighted by atomic mass is 10.1. The maximum absolute atomic E-state index is 11.9. The molecule has 1 aliphatic heterocycles. The molecule has 1 saturated heterocycles. The Hall–Kier alpha value is -2.08. The van der Waals surface area contributed by atoms with Crippen molar-refractivity contribution in [1.82, 2.24) is 5.32 Å². The summed E-state index contributed by atoms with van der Waals surface area (Å²) in [7, 11) is 0.